The highest BCUT2D eigenvalue weighted by Crippen LogP contribution is 2.31. The molecule has 0 fully saturated rings. The molecule has 168 valence electrons. The van der Waals surface area contributed by atoms with Crippen molar-refractivity contribution in [1.29, 1.82) is 0 Å². The molecule has 3 aromatic rings. The number of methoxy groups -OCH3 is 3. The lowest BCUT2D eigenvalue weighted by Gasteiger charge is -2.14. The van der Waals surface area contributed by atoms with Gasteiger partial charge in [0.1, 0.15) is 10.6 Å². The Morgan fingerprint density at radius 1 is 0.750 bits per heavy atom. The Bertz CT molecular complexity index is 1220. The van der Waals surface area contributed by atoms with E-state index in [0.29, 0.717) is 22.9 Å². The van der Waals surface area contributed by atoms with Crippen molar-refractivity contribution >= 4 is 27.3 Å². The Hall–Kier alpha value is -3.72. The number of aryl methyl sites for hydroxylation is 1. The molecular weight excluding hydrogens is 432 g/mol. The number of nitrogens with one attached hydrogen (secondary N) is 2. The van der Waals surface area contributed by atoms with E-state index in [9.17, 15) is 13.2 Å². The number of rotatable bonds is 8. The Labute approximate surface area is 187 Å². The molecule has 8 nitrogen and oxygen atoms in total. The van der Waals surface area contributed by atoms with Gasteiger partial charge in [-0.05, 0) is 49.4 Å². The van der Waals surface area contributed by atoms with E-state index in [1.807, 2.05) is 6.92 Å². The number of sulfonamides is 1. The molecule has 9 heteroatoms. The van der Waals surface area contributed by atoms with E-state index >= 15 is 0 Å². The quantitative estimate of drug-likeness (QED) is 0.530. The summed E-state index contributed by atoms with van der Waals surface area (Å²) in [5.74, 6) is 0.593. The van der Waals surface area contributed by atoms with Crippen LogP contribution in [-0.4, -0.2) is 35.7 Å². The predicted octanol–water partition coefficient (Wildman–Crippen LogP) is 4.07. The van der Waals surface area contributed by atoms with Gasteiger partial charge in [-0.15, -0.1) is 0 Å². The molecule has 0 saturated carbocycles. The number of ether oxygens (including phenoxy) is 3. The molecule has 0 heterocycles. The van der Waals surface area contributed by atoms with Crippen molar-refractivity contribution in [2.75, 3.05) is 31.4 Å². The van der Waals surface area contributed by atoms with Crippen LogP contribution in [0.2, 0.25) is 0 Å². The molecule has 3 rings (SSSR count). The molecule has 0 aliphatic carbocycles. The molecule has 0 atom stereocenters. The smallest absolute Gasteiger partial charge is 0.265 e. The number of carbonyl (C=O) groups is 1. The first-order valence-corrected chi connectivity index (χ1v) is 11.1. The van der Waals surface area contributed by atoms with Gasteiger partial charge in [-0.25, -0.2) is 8.42 Å². The zero-order chi connectivity index (χ0) is 23.3. The van der Waals surface area contributed by atoms with Gasteiger partial charge < -0.3 is 19.5 Å². The van der Waals surface area contributed by atoms with Crippen molar-refractivity contribution in [2.24, 2.45) is 0 Å². The van der Waals surface area contributed by atoms with E-state index in [0.717, 1.165) is 5.56 Å². The summed E-state index contributed by atoms with van der Waals surface area (Å²) in [5.41, 5.74) is 2.01. The fourth-order valence-corrected chi connectivity index (χ4v) is 4.23. The SMILES string of the molecule is COc1ccc(NC(=O)c2ccc(OC)c(S(=O)(=O)Nc3ccc(C)cc3)c2)cc1OC. The van der Waals surface area contributed by atoms with Gasteiger partial charge in [0.2, 0.25) is 0 Å². The van der Waals surface area contributed by atoms with Gasteiger partial charge in [-0.2, -0.15) is 0 Å². The van der Waals surface area contributed by atoms with Crippen molar-refractivity contribution in [2.45, 2.75) is 11.8 Å². The lowest BCUT2D eigenvalue weighted by Crippen LogP contribution is -2.17. The minimum Gasteiger partial charge on any atom is -0.495 e. The maximum Gasteiger partial charge on any atom is 0.265 e. The number of hydrogen-bond donors (Lipinski definition) is 2. The first kappa shape index (κ1) is 23.0. The van der Waals surface area contributed by atoms with E-state index in [2.05, 4.69) is 10.0 Å². The minimum absolute atomic E-state index is 0.118. The molecule has 2 N–H and O–H groups in total. The molecule has 0 saturated heterocycles. The fraction of sp³-hybridized carbons (Fsp3) is 0.174. The maximum absolute atomic E-state index is 13.0. The fourth-order valence-electron chi connectivity index (χ4n) is 2.98. The first-order valence-electron chi connectivity index (χ1n) is 9.58. The van der Waals surface area contributed by atoms with Gasteiger partial charge in [-0.1, -0.05) is 17.7 Å². The Balaban J connectivity index is 1.89. The summed E-state index contributed by atoms with van der Waals surface area (Å²) in [6.07, 6.45) is 0. The molecule has 0 aromatic heterocycles. The van der Waals surface area contributed by atoms with E-state index in [4.69, 9.17) is 14.2 Å². The summed E-state index contributed by atoms with van der Waals surface area (Å²) in [4.78, 5) is 12.7. The summed E-state index contributed by atoms with van der Waals surface area (Å²) in [6.45, 7) is 1.90. The van der Waals surface area contributed by atoms with Crippen LogP contribution in [-0.2, 0) is 10.0 Å². The monoisotopic (exact) mass is 456 g/mol. The van der Waals surface area contributed by atoms with Crippen molar-refractivity contribution < 1.29 is 27.4 Å². The molecule has 3 aromatic carbocycles. The third kappa shape index (κ3) is 5.12. The summed E-state index contributed by atoms with van der Waals surface area (Å²) in [5, 5.41) is 2.73. The van der Waals surface area contributed by atoms with Crippen LogP contribution in [0.3, 0.4) is 0 Å². The summed E-state index contributed by atoms with van der Waals surface area (Å²) < 4.78 is 44.2. The molecule has 0 aliphatic rings. The van der Waals surface area contributed by atoms with Crippen molar-refractivity contribution in [1.82, 2.24) is 0 Å². The molecule has 0 aliphatic heterocycles. The molecule has 32 heavy (non-hydrogen) atoms. The first-order chi connectivity index (χ1) is 15.3. The van der Waals surface area contributed by atoms with Crippen LogP contribution in [0.15, 0.2) is 65.6 Å². The van der Waals surface area contributed by atoms with Crippen molar-refractivity contribution in [3.63, 3.8) is 0 Å². The molecular formula is C23H24N2O6S. The van der Waals surface area contributed by atoms with Crippen LogP contribution in [0.25, 0.3) is 0 Å². The summed E-state index contributed by atoms with van der Waals surface area (Å²) in [7, 11) is 0.361. The molecule has 0 spiro atoms. The molecule has 0 bridgehead atoms. The minimum atomic E-state index is -4.01. The van der Waals surface area contributed by atoms with Gasteiger partial charge in [0.05, 0.1) is 21.3 Å². The molecule has 0 unspecified atom stereocenters. The van der Waals surface area contributed by atoms with Crippen molar-refractivity contribution in [3.05, 3.63) is 71.8 Å². The second-order valence-corrected chi connectivity index (χ2v) is 8.51. The number of carbonyl (C=O) groups excluding carboxylic acids is 1. The predicted molar refractivity (Wildman–Crippen MR) is 122 cm³/mol. The third-order valence-corrected chi connectivity index (χ3v) is 6.06. The Morgan fingerprint density at radius 2 is 1.34 bits per heavy atom. The van der Waals surface area contributed by atoms with Gasteiger partial charge in [0.15, 0.2) is 11.5 Å². The van der Waals surface area contributed by atoms with Crippen molar-refractivity contribution in [3.8, 4) is 17.2 Å². The van der Waals surface area contributed by atoms with E-state index in [-0.39, 0.29) is 16.2 Å². The van der Waals surface area contributed by atoms with Crippen LogP contribution >= 0.6 is 0 Å². The normalized spacial score (nSPS) is 10.9. The van der Waals surface area contributed by atoms with Crippen LogP contribution in [0.4, 0.5) is 11.4 Å². The molecule has 1 amide bonds. The highest BCUT2D eigenvalue weighted by Gasteiger charge is 2.22. The van der Waals surface area contributed by atoms with E-state index < -0.39 is 15.9 Å². The van der Waals surface area contributed by atoms with Crippen LogP contribution < -0.4 is 24.2 Å². The highest BCUT2D eigenvalue weighted by molar-refractivity contribution is 7.92. The zero-order valence-electron chi connectivity index (χ0n) is 18.1. The number of hydrogen-bond acceptors (Lipinski definition) is 6. The Kier molecular flexibility index (Phi) is 6.89. The largest absolute Gasteiger partial charge is 0.495 e. The lowest BCUT2D eigenvalue weighted by atomic mass is 10.2. The van der Waals surface area contributed by atoms with Crippen LogP contribution in [0, 0.1) is 6.92 Å². The topological polar surface area (TPSA) is 103 Å². The standard InChI is InChI=1S/C23H24N2O6S/c1-15-5-8-17(9-6-15)25-32(27,28)22-13-16(7-11-20(22)30-3)23(26)24-18-10-12-19(29-2)21(14-18)31-4/h5-14,25H,1-4H3,(H,24,26). The van der Waals surface area contributed by atoms with Gasteiger partial charge in [0.25, 0.3) is 15.9 Å². The van der Waals surface area contributed by atoms with E-state index in [1.54, 1.807) is 42.5 Å². The number of amides is 1. The average molecular weight is 457 g/mol. The van der Waals surface area contributed by atoms with Crippen LogP contribution in [0.5, 0.6) is 17.2 Å². The average Bonchev–Trinajstić information content (AvgIpc) is 2.79. The zero-order valence-corrected chi connectivity index (χ0v) is 18.9. The van der Waals surface area contributed by atoms with Crippen LogP contribution in [0.1, 0.15) is 15.9 Å². The number of anilines is 2. The third-order valence-electron chi connectivity index (χ3n) is 4.66. The highest BCUT2D eigenvalue weighted by atomic mass is 32.2. The maximum atomic E-state index is 13.0. The second kappa shape index (κ2) is 9.61. The van der Waals surface area contributed by atoms with Gasteiger partial charge in [-0.3, -0.25) is 9.52 Å². The number of benzene rings is 3. The lowest BCUT2D eigenvalue weighted by molar-refractivity contribution is 0.102. The van der Waals surface area contributed by atoms with Gasteiger partial charge >= 0.3 is 0 Å². The second-order valence-electron chi connectivity index (χ2n) is 6.86. The summed E-state index contributed by atoms with van der Waals surface area (Å²) in [6, 6.07) is 16.0. The van der Waals surface area contributed by atoms with Gasteiger partial charge in [0, 0.05) is 23.0 Å². The molecule has 0 radical (unpaired) electrons. The van der Waals surface area contributed by atoms with E-state index in [1.165, 1.54) is 39.5 Å². The Morgan fingerprint density at radius 3 is 1.97 bits per heavy atom. The summed E-state index contributed by atoms with van der Waals surface area (Å²) >= 11 is 0.